The lowest BCUT2D eigenvalue weighted by Gasteiger charge is -2.09. The van der Waals surface area contributed by atoms with E-state index in [1.165, 1.54) is 0 Å². The molecule has 0 saturated carbocycles. The molecule has 0 aliphatic heterocycles. The lowest BCUT2D eigenvalue weighted by Crippen LogP contribution is -2.09. The summed E-state index contributed by atoms with van der Waals surface area (Å²) in [6, 6.07) is 7.32. The van der Waals surface area contributed by atoms with E-state index < -0.39 is 6.10 Å². The summed E-state index contributed by atoms with van der Waals surface area (Å²) in [5.74, 6) is 0.714. The molecule has 0 unspecified atom stereocenters. The summed E-state index contributed by atoms with van der Waals surface area (Å²) >= 11 is 0. The van der Waals surface area contributed by atoms with E-state index >= 15 is 0 Å². The van der Waals surface area contributed by atoms with Crippen LogP contribution in [0.15, 0.2) is 24.3 Å². The highest BCUT2D eigenvalue weighted by Gasteiger charge is 2.01. The SMILES string of the molecule is C[C@H](O)c1cccc(OCCOCCO)c1. The first kappa shape index (κ1) is 13.0. The first-order valence-electron chi connectivity index (χ1n) is 5.33. The zero-order chi connectivity index (χ0) is 11.8. The van der Waals surface area contributed by atoms with Crippen molar-refractivity contribution >= 4 is 0 Å². The van der Waals surface area contributed by atoms with Gasteiger partial charge in [-0.05, 0) is 24.6 Å². The van der Waals surface area contributed by atoms with Crippen LogP contribution in [0.3, 0.4) is 0 Å². The van der Waals surface area contributed by atoms with Gasteiger partial charge in [0.2, 0.25) is 0 Å². The average Bonchev–Trinajstić information content (AvgIpc) is 2.29. The van der Waals surface area contributed by atoms with Crippen molar-refractivity contribution in [3.63, 3.8) is 0 Å². The molecule has 16 heavy (non-hydrogen) atoms. The Morgan fingerprint density at radius 3 is 2.75 bits per heavy atom. The molecule has 1 aromatic carbocycles. The Morgan fingerprint density at radius 2 is 2.06 bits per heavy atom. The number of aliphatic hydroxyl groups excluding tert-OH is 2. The van der Waals surface area contributed by atoms with Crippen molar-refractivity contribution in [2.45, 2.75) is 13.0 Å². The van der Waals surface area contributed by atoms with Gasteiger partial charge in [-0.3, -0.25) is 0 Å². The van der Waals surface area contributed by atoms with Crippen LogP contribution in [0.5, 0.6) is 5.75 Å². The molecule has 4 nitrogen and oxygen atoms in total. The summed E-state index contributed by atoms with van der Waals surface area (Å²) in [6.45, 7) is 2.95. The first-order valence-corrected chi connectivity index (χ1v) is 5.33. The molecule has 0 aromatic heterocycles. The highest BCUT2D eigenvalue weighted by atomic mass is 16.5. The molecule has 0 aliphatic rings. The van der Waals surface area contributed by atoms with Crippen LogP contribution in [-0.4, -0.2) is 36.6 Å². The Hall–Kier alpha value is -1.10. The molecular formula is C12H18O4. The van der Waals surface area contributed by atoms with Gasteiger partial charge in [0.05, 0.1) is 25.9 Å². The molecule has 0 aliphatic carbocycles. The van der Waals surface area contributed by atoms with E-state index in [9.17, 15) is 5.11 Å². The van der Waals surface area contributed by atoms with Gasteiger partial charge in [0.25, 0.3) is 0 Å². The normalized spacial score (nSPS) is 12.4. The minimum absolute atomic E-state index is 0.0253. The van der Waals surface area contributed by atoms with Crippen LogP contribution in [0, 0.1) is 0 Å². The second-order valence-corrected chi connectivity index (χ2v) is 3.43. The predicted octanol–water partition coefficient (Wildman–Crippen LogP) is 1.13. The van der Waals surface area contributed by atoms with Crippen molar-refractivity contribution in [1.82, 2.24) is 0 Å². The molecule has 4 heteroatoms. The number of hydrogen-bond donors (Lipinski definition) is 2. The Morgan fingerprint density at radius 1 is 1.25 bits per heavy atom. The summed E-state index contributed by atoms with van der Waals surface area (Å²) < 4.78 is 10.5. The topological polar surface area (TPSA) is 58.9 Å². The van der Waals surface area contributed by atoms with Gasteiger partial charge in [-0.2, -0.15) is 0 Å². The largest absolute Gasteiger partial charge is 0.491 e. The molecular weight excluding hydrogens is 208 g/mol. The molecule has 0 radical (unpaired) electrons. The Labute approximate surface area is 95.4 Å². The van der Waals surface area contributed by atoms with Crippen LogP contribution in [0.2, 0.25) is 0 Å². The highest BCUT2D eigenvalue weighted by molar-refractivity contribution is 5.29. The fraction of sp³-hybridized carbons (Fsp3) is 0.500. The molecule has 1 aromatic rings. The van der Waals surface area contributed by atoms with Gasteiger partial charge in [-0.25, -0.2) is 0 Å². The number of hydrogen-bond acceptors (Lipinski definition) is 4. The minimum Gasteiger partial charge on any atom is -0.491 e. The van der Waals surface area contributed by atoms with Crippen LogP contribution in [0.4, 0.5) is 0 Å². The molecule has 0 saturated heterocycles. The zero-order valence-electron chi connectivity index (χ0n) is 9.43. The van der Waals surface area contributed by atoms with E-state index in [2.05, 4.69) is 0 Å². The standard InChI is InChI=1S/C12H18O4/c1-10(14)11-3-2-4-12(9-11)16-8-7-15-6-5-13/h2-4,9-10,13-14H,5-8H2,1H3/t10-/m0/s1. The highest BCUT2D eigenvalue weighted by Crippen LogP contribution is 2.18. The van der Waals surface area contributed by atoms with Gasteiger partial charge in [0, 0.05) is 0 Å². The summed E-state index contributed by atoms with van der Waals surface area (Å²) in [6.07, 6.45) is -0.491. The van der Waals surface area contributed by atoms with Crippen molar-refractivity contribution in [1.29, 1.82) is 0 Å². The van der Waals surface area contributed by atoms with Crippen molar-refractivity contribution in [2.24, 2.45) is 0 Å². The lowest BCUT2D eigenvalue weighted by molar-refractivity contribution is 0.0704. The maximum atomic E-state index is 9.38. The molecule has 90 valence electrons. The molecule has 0 spiro atoms. The maximum absolute atomic E-state index is 9.38. The van der Waals surface area contributed by atoms with Gasteiger partial charge in [0.1, 0.15) is 12.4 Å². The van der Waals surface area contributed by atoms with Crippen molar-refractivity contribution in [3.05, 3.63) is 29.8 Å². The predicted molar refractivity (Wildman–Crippen MR) is 60.5 cm³/mol. The smallest absolute Gasteiger partial charge is 0.119 e. The molecule has 0 amide bonds. The van der Waals surface area contributed by atoms with Crippen LogP contribution < -0.4 is 4.74 Å². The van der Waals surface area contributed by atoms with E-state index in [0.29, 0.717) is 25.6 Å². The van der Waals surface area contributed by atoms with E-state index in [-0.39, 0.29) is 6.61 Å². The molecule has 2 N–H and O–H groups in total. The van der Waals surface area contributed by atoms with E-state index in [4.69, 9.17) is 14.6 Å². The third-order valence-electron chi connectivity index (χ3n) is 2.07. The fourth-order valence-corrected chi connectivity index (χ4v) is 1.25. The summed E-state index contributed by atoms with van der Waals surface area (Å²) in [5.41, 5.74) is 0.828. The number of ether oxygens (including phenoxy) is 2. The average molecular weight is 226 g/mol. The second-order valence-electron chi connectivity index (χ2n) is 3.43. The second kappa shape index (κ2) is 7.22. The molecule has 0 fully saturated rings. The molecule has 0 bridgehead atoms. The minimum atomic E-state index is -0.491. The molecule has 0 heterocycles. The molecule has 1 rings (SSSR count). The Balaban J connectivity index is 2.33. The van der Waals surface area contributed by atoms with Crippen molar-refractivity contribution in [3.8, 4) is 5.75 Å². The van der Waals surface area contributed by atoms with E-state index in [1.54, 1.807) is 13.0 Å². The fourth-order valence-electron chi connectivity index (χ4n) is 1.25. The van der Waals surface area contributed by atoms with Crippen molar-refractivity contribution in [2.75, 3.05) is 26.4 Å². The van der Waals surface area contributed by atoms with E-state index in [0.717, 1.165) is 5.56 Å². The van der Waals surface area contributed by atoms with Crippen LogP contribution in [0.1, 0.15) is 18.6 Å². The van der Waals surface area contributed by atoms with Crippen LogP contribution >= 0.6 is 0 Å². The van der Waals surface area contributed by atoms with Gasteiger partial charge in [-0.1, -0.05) is 12.1 Å². The van der Waals surface area contributed by atoms with Gasteiger partial charge >= 0.3 is 0 Å². The van der Waals surface area contributed by atoms with Gasteiger partial charge in [-0.15, -0.1) is 0 Å². The van der Waals surface area contributed by atoms with Gasteiger partial charge < -0.3 is 19.7 Å². The number of rotatable bonds is 7. The van der Waals surface area contributed by atoms with E-state index in [1.807, 2.05) is 18.2 Å². The molecule has 1 atom stereocenters. The van der Waals surface area contributed by atoms with Crippen molar-refractivity contribution < 1.29 is 19.7 Å². The first-order chi connectivity index (χ1) is 7.74. The monoisotopic (exact) mass is 226 g/mol. The number of benzene rings is 1. The Bertz CT molecular complexity index is 299. The summed E-state index contributed by atoms with van der Waals surface area (Å²) in [4.78, 5) is 0. The Kier molecular flexibility index (Phi) is 5.85. The summed E-state index contributed by atoms with van der Waals surface area (Å²) in [5, 5.41) is 17.9. The third-order valence-corrected chi connectivity index (χ3v) is 2.07. The van der Waals surface area contributed by atoms with Gasteiger partial charge in [0.15, 0.2) is 0 Å². The van der Waals surface area contributed by atoms with Crippen LogP contribution in [0.25, 0.3) is 0 Å². The quantitative estimate of drug-likeness (QED) is 0.684. The third kappa shape index (κ3) is 4.61. The summed E-state index contributed by atoms with van der Waals surface area (Å²) in [7, 11) is 0. The zero-order valence-corrected chi connectivity index (χ0v) is 9.43. The maximum Gasteiger partial charge on any atom is 0.119 e. The lowest BCUT2D eigenvalue weighted by atomic mass is 10.1. The number of aliphatic hydroxyl groups is 2. The van der Waals surface area contributed by atoms with Crippen LogP contribution in [-0.2, 0) is 4.74 Å².